The molecule has 57 heavy (non-hydrogen) atoms. The van der Waals surface area contributed by atoms with Gasteiger partial charge in [0.25, 0.3) is 0 Å². The van der Waals surface area contributed by atoms with Crippen LogP contribution in [0.1, 0.15) is 27.8 Å². The second-order valence-corrected chi connectivity index (χ2v) is 15.6. The van der Waals surface area contributed by atoms with Crippen LogP contribution in [0.5, 0.6) is 0 Å². The Hall–Kier alpha value is -7.22. The molecule has 0 saturated heterocycles. The Morgan fingerprint density at radius 1 is 0.333 bits per heavy atom. The number of hydrogen-bond acceptors (Lipinski definition) is 1. The summed E-state index contributed by atoms with van der Waals surface area (Å²) in [6, 6.07) is 76.9. The fraction of sp³-hybridized carbons (Fsp3) is 0.0357. The smallest absolute Gasteiger partial charge is 0.0726 e. The topological polar surface area (TPSA) is 3.24 Å². The summed E-state index contributed by atoms with van der Waals surface area (Å²) in [6.07, 6.45) is 0. The SMILES string of the molecule is Cc1ccc2c(c1)C1(c3ccccc3-c3ccccc31)c1cccc(N(c3ccc4c5ccccc5c5ccccc5c4c3)c3ccccc3-c3ccccc3)c1-2. The van der Waals surface area contributed by atoms with Crippen molar-refractivity contribution in [2.75, 3.05) is 4.90 Å². The van der Waals surface area contributed by atoms with Gasteiger partial charge in [-0.25, -0.2) is 0 Å². The summed E-state index contributed by atoms with van der Waals surface area (Å²) in [7, 11) is 0. The van der Waals surface area contributed by atoms with Gasteiger partial charge >= 0.3 is 0 Å². The molecule has 0 fully saturated rings. The maximum atomic E-state index is 2.54. The molecule has 2 aliphatic carbocycles. The van der Waals surface area contributed by atoms with Crippen molar-refractivity contribution in [2.24, 2.45) is 0 Å². The van der Waals surface area contributed by atoms with Crippen molar-refractivity contribution in [1.82, 2.24) is 0 Å². The minimum atomic E-state index is -0.441. The Morgan fingerprint density at radius 3 is 1.54 bits per heavy atom. The first-order chi connectivity index (χ1) is 28.2. The molecule has 1 nitrogen and oxygen atoms in total. The lowest BCUT2D eigenvalue weighted by Crippen LogP contribution is -2.26. The molecule has 10 aromatic carbocycles. The van der Waals surface area contributed by atoms with Crippen molar-refractivity contribution < 1.29 is 0 Å². The Morgan fingerprint density at radius 2 is 0.860 bits per heavy atom. The van der Waals surface area contributed by atoms with Crippen molar-refractivity contribution in [3.8, 4) is 33.4 Å². The van der Waals surface area contributed by atoms with E-state index in [0.717, 1.165) is 11.4 Å². The first-order valence-electron chi connectivity index (χ1n) is 19.9. The Labute approximate surface area is 332 Å². The molecule has 0 amide bonds. The predicted molar refractivity (Wildman–Crippen MR) is 240 cm³/mol. The lowest BCUT2D eigenvalue weighted by Gasteiger charge is -2.32. The molecule has 0 saturated carbocycles. The van der Waals surface area contributed by atoms with E-state index >= 15 is 0 Å². The number of benzene rings is 10. The number of anilines is 3. The molecule has 0 aromatic heterocycles. The highest BCUT2D eigenvalue weighted by Gasteiger charge is 2.52. The molecule has 1 spiro atoms. The van der Waals surface area contributed by atoms with Crippen LogP contribution in [0.2, 0.25) is 0 Å². The van der Waals surface area contributed by atoms with Crippen LogP contribution in [0.15, 0.2) is 206 Å². The molecule has 0 unspecified atom stereocenters. The predicted octanol–water partition coefficient (Wildman–Crippen LogP) is 14.9. The summed E-state index contributed by atoms with van der Waals surface area (Å²) < 4.78 is 0. The molecule has 266 valence electrons. The molecule has 0 heterocycles. The highest BCUT2D eigenvalue weighted by molar-refractivity contribution is 6.26. The number of nitrogens with zero attached hydrogens (tertiary/aromatic N) is 1. The van der Waals surface area contributed by atoms with Gasteiger partial charge in [-0.3, -0.25) is 0 Å². The van der Waals surface area contributed by atoms with Crippen LogP contribution in [-0.2, 0) is 5.41 Å². The van der Waals surface area contributed by atoms with Crippen LogP contribution in [0.25, 0.3) is 65.7 Å². The molecule has 0 bridgehead atoms. The summed E-state index contributed by atoms with van der Waals surface area (Å²) in [5, 5.41) is 7.62. The summed E-state index contributed by atoms with van der Waals surface area (Å²) >= 11 is 0. The second kappa shape index (κ2) is 12.1. The lowest BCUT2D eigenvalue weighted by atomic mass is 9.70. The monoisotopic (exact) mass is 723 g/mol. The van der Waals surface area contributed by atoms with Gasteiger partial charge in [-0.15, -0.1) is 0 Å². The molecule has 0 N–H and O–H groups in total. The zero-order chi connectivity index (χ0) is 37.7. The molecule has 0 atom stereocenters. The van der Waals surface area contributed by atoms with Crippen LogP contribution in [0, 0.1) is 6.92 Å². The highest BCUT2D eigenvalue weighted by atomic mass is 15.1. The van der Waals surface area contributed by atoms with E-state index in [-0.39, 0.29) is 0 Å². The Balaban J connectivity index is 1.21. The summed E-state index contributed by atoms with van der Waals surface area (Å²) in [6.45, 7) is 2.23. The zero-order valence-electron chi connectivity index (χ0n) is 31.6. The molecular formula is C56H37N. The molecule has 0 aliphatic heterocycles. The zero-order valence-corrected chi connectivity index (χ0v) is 31.6. The van der Waals surface area contributed by atoms with E-state index in [9.17, 15) is 0 Å². The van der Waals surface area contributed by atoms with Crippen molar-refractivity contribution in [3.05, 3.63) is 234 Å². The quantitative estimate of drug-likeness (QED) is 0.163. The number of hydrogen-bond donors (Lipinski definition) is 0. The van der Waals surface area contributed by atoms with E-state index in [1.54, 1.807) is 0 Å². The van der Waals surface area contributed by atoms with Crippen molar-refractivity contribution in [3.63, 3.8) is 0 Å². The second-order valence-electron chi connectivity index (χ2n) is 15.6. The third kappa shape index (κ3) is 4.40. The summed E-state index contributed by atoms with van der Waals surface area (Å²) in [5.74, 6) is 0. The van der Waals surface area contributed by atoms with Crippen LogP contribution in [0.4, 0.5) is 17.1 Å². The van der Waals surface area contributed by atoms with Gasteiger partial charge in [-0.1, -0.05) is 188 Å². The van der Waals surface area contributed by atoms with Crippen LogP contribution in [-0.4, -0.2) is 0 Å². The van der Waals surface area contributed by atoms with Gasteiger partial charge in [0.15, 0.2) is 0 Å². The first-order valence-corrected chi connectivity index (χ1v) is 19.9. The van der Waals surface area contributed by atoms with E-state index in [4.69, 9.17) is 0 Å². The minimum absolute atomic E-state index is 0.441. The molecule has 2 aliphatic rings. The first kappa shape index (κ1) is 32.1. The van der Waals surface area contributed by atoms with Gasteiger partial charge in [0, 0.05) is 16.8 Å². The number of para-hydroxylation sites is 1. The third-order valence-electron chi connectivity index (χ3n) is 12.7. The van der Waals surface area contributed by atoms with Crippen molar-refractivity contribution >= 4 is 49.4 Å². The molecule has 0 radical (unpaired) electrons. The maximum Gasteiger partial charge on any atom is 0.0726 e. The summed E-state index contributed by atoms with van der Waals surface area (Å²) in [4.78, 5) is 2.54. The molecule has 12 rings (SSSR count). The minimum Gasteiger partial charge on any atom is -0.309 e. The van der Waals surface area contributed by atoms with E-state index in [1.165, 1.54) is 99.2 Å². The van der Waals surface area contributed by atoms with Gasteiger partial charge in [-0.2, -0.15) is 0 Å². The fourth-order valence-corrected chi connectivity index (χ4v) is 10.4. The normalized spacial score (nSPS) is 13.1. The van der Waals surface area contributed by atoms with Crippen LogP contribution in [0.3, 0.4) is 0 Å². The molecular weight excluding hydrogens is 687 g/mol. The number of aryl methyl sites for hydroxylation is 1. The van der Waals surface area contributed by atoms with Gasteiger partial charge in [0.2, 0.25) is 0 Å². The van der Waals surface area contributed by atoms with E-state index in [0.29, 0.717) is 0 Å². The maximum absolute atomic E-state index is 2.54. The van der Waals surface area contributed by atoms with Crippen molar-refractivity contribution in [2.45, 2.75) is 12.3 Å². The fourth-order valence-electron chi connectivity index (χ4n) is 10.4. The highest BCUT2D eigenvalue weighted by Crippen LogP contribution is 2.65. The van der Waals surface area contributed by atoms with Gasteiger partial charge in [-0.05, 0) is 108 Å². The number of fused-ring (bicyclic) bond motifs is 16. The Kier molecular flexibility index (Phi) is 6.83. The average Bonchev–Trinajstić information content (AvgIpc) is 3.74. The molecule has 10 aromatic rings. The largest absolute Gasteiger partial charge is 0.309 e. The third-order valence-corrected chi connectivity index (χ3v) is 12.7. The van der Waals surface area contributed by atoms with E-state index in [2.05, 4.69) is 218 Å². The van der Waals surface area contributed by atoms with E-state index < -0.39 is 5.41 Å². The van der Waals surface area contributed by atoms with Crippen LogP contribution < -0.4 is 4.90 Å². The van der Waals surface area contributed by atoms with Gasteiger partial charge in [0.1, 0.15) is 0 Å². The van der Waals surface area contributed by atoms with Crippen molar-refractivity contribution in [1.29, 1.82) is 0 Å². The average molecular weight is 724 g/mol. The van der Waals surface area contributed by atoms with E-state index in [1.807, 2.05) is 0 Å². The van der Waals surface area contributed by atoms with Crippen LogP contribution >= 0.6 is 0 Å². The lowest BCUT2D eigenvalue weighted by molar-refractivity contribution is 0.792. The van der Waals surface area contributed by atoms with Gasteiger partial charge < -0.3 is 4.90 Å². The van der Waals surface area contributed by atoms with Gasteiger partial charge in [0.05, 0.1) is 16.8 Å². The standard InChI is InChI=1S/C56H37N/c1-36-30-32-47-52(34-36)56(49-25-12-9-23-45(49)46-24-10-13-26-50(46)56)51-27-15-29-54(55(47)51)57(53-28-14-11-18-39(53)37-16-3-2-4-17-37)38-31-33-44-42-21-6-5-19-40(42)41-20-7-8-22-43(41)48(44)35-38/h2-35H,1H3. The Bertz CT molecular complexity index is 3180. The summed E-state index contributed by atoms with van der Waals surface area (Å²) in [5.41, 5.74) is 17.2. The number of rotatable bonds is 4. The molecule has 1 heteroatoms.